The Labute approximate surface area is 212 Å². The number of nitrogens with one attached hydrogen (secondary N) is 1. The van der Waals surface area contributed by atoms with E-state index in [4.69, 9.17) is 15.9 Å². The summed E-state index contributed by atoms with van der Waals surface area (Å²) in [6.07, 6.45) is 3.94. The zero-order chi connectivity index (χ0) is 26.1. The number of ether oxygens (including phenoxy) is 1. The molecule has 1 aliphatic heterocycles. The minimum absolute atomic E-state index is 0.0583. The molecule has 2 heterocycles. The molecule has 194 valence electrons. The topological polar surface area (TPSA) is 95.5 Å². The number of rotatable bonds is 10. The largest absolute Gasteiger partial charge is 0.384 e. The minimum Gasteiger partial charge on any atom is -0.384 e. The minimum atomic E-state index is 0.0583. The third-order valence-corrected chi connectivity index (χ3v) is 5.44. The van der Waals surface area contributed by atoms with E-state index in [9.17, 15) is 4.79 Å². The van der Waals surface area contributed by atoms with Gasteiger partial charge in [-0.2, -0.15) is 0 Å². The van der Waals surface area contributed by atoms with Gasteiger partial charge in [0, 0.05) is 57.1 Å². The smallest absolute Gasteiger partial charge is 0.182 e. The normalized spacial score (nSPS) is 13.1. The van der Waals surface area contributed by atoms with Crippen molar-refractivity contribution in [2.45, 2.75) is 53.9 Å². The average Bonchev–Trinajstić information content (AvgIpc) is 2.89. The van der Waals surface area contributed by atoms with E-state index >= 15 is 0 Å². The summed E-state index contributed by atoms with van der Waals surface area (Å²) in [5.74, 6) is 0.474. The number of morpholine rings is 1. The summed E-state index contributed by atoms with van der Waals surface area (Å²) in [6.45, 7) is 16.3. The Morgan fingerprint density at radius 1 is 1.14 bits per heavy atom. The summed E-state index contributed by atoms with van der Waals surface area (Å²) < 4.78 is 5.33. The molecule has 0 bridgehead atoms. The maximum Gasteiger partial charge on any atom is 0.182 e. The van der Waals surface area contributed by atoms with Gasteiger partial charge >= 0.3 is 0 Å². The first-order chi connectivity index (χ1) is 17.0. The number of nitrogen functional groups attached to an aromatic ring is 1. The molecule has 0 unspecified atom stereocenters. The molecule has 1 fully saturated rings. The van der Waals surface area contributed by atoms with Crippen molar-refractivity contribution in [1.29, 1.82) is 5.41 Å². The fourth-order valence-corrected chi connectivity index (χ4v) is 3.74. The molecule has 0 saturated carbocycles. The van der Waals surface area contributed by atoms with Gasteiger partial charge < -0.3 is 20.8 Å². The van der Waals surface area contributed by atoms with Crippen LogP contribution in [0, 0.1) is 12.3 Å². The van der Waals surface area contributed by atoms with Crippen molar-refractivity contribution in [1.82, 2.24) is 9.88 Å². The van der Waals surface area contributed by atoms with E-state index in [1.807, 2.05) is 57.2 Å². The summed E-state index contributed by atoms with van der Waals surface area (Å²) in [5.41, 5.74) is 9.60. The number of aryl methyl sites for hydroxylation is 1. The molecule has 1 aromatic heterocycles. The first-order valence-corrected chi connectivity index (χ1v) is 12.9. The molecule has 0 radical (unpaired) electrons. The average molecular weight is 484 g/mol. The van der Waals surface area contributed by atoms with Crippen molar-refractivity contribution in [3.63, 3.8) is 0 Å². The molecule has 7 heteroatoms. The summed E-state index contributed by atoms with van der Waals surface area (Å²) >= 11 is 0. The number of pyridine rings is 1. The second-order valence-electron chi connectivity index (χ2n) is 8.31. The highest BCUT2D eigenvalue weighted by Crippen LogP contribution is 2.20. The van der Waals surface area contributed by atoms with Crippen LogP contribution < -0.4 is 10.6 Å². The van der Waals surface area contributed by atoms with Crippen molar-refractivity contribution < 1.29 is 9.53 Å². The van der Waals surface area contributed by atoms with Gasteiger partial charge in [0.25, 0.3) is 0 Å². The number of aromatic nitrogens is 1. The lowest BCUT2D eigenvalue weighted by Gasteiger charge is -2.26. The summed E-state index contributed by atoms with van der Waals surface area (Å²) in [4.78, 5) is 21.3. The standard InChI is InChI=1S/C18H30N4O2.C8H9N.C2H6/c1-3-6-22(7-4-2)15-13-16(20-18(19)14-15)17(23)5-8-21-9-11-24-12-10-21;1-7-3-2-4-8(5-7)6-9;1-2/h13-14H,3-12H2,1-2H3,(H2,19,20);2-6,9H,1H3;1-2H3. The van der Waals surface area contributed by atoms with Crippen LogP contribution in [0.3, 0.4) is 0 Å². The van der Waals surface area contributed by atoms with Crippen LogP contribution in [0.5, 0.6) is 0 Å². The van der Waals surface area contributed by atoms with Crippen LogP contribution in [0.2, 0.25) is 0 Å². The third-order valence-electron chi connectivity index (χ3n) is 5.44. The van der Waals surface area contributed by atoms with E-state index in [1.54, 1.807) is 0 Å². The first kappa shape index (κ1) is 30.3. The summed E-state index contributed by atoms with van der Waals surface area (Å²) in [7, 11) is 0. The van der Waals surface area contributed by atoms with Gasteiger partial charge in [-0.05, 0) is 31.4 Å². The van der Waals surface area contributed by atoms with Gasteiger partial charge in [0.05, 0.1) is 13.2 Å². The van der Waals surface area contributed by atoms with E-state index < -0.39 is 0 Å². The van der Waals surface area contributed by atoms with Gasteiger partial charge in [-0.1, -0.05) is 57.5 Å². The molecule has 0 amide bonds. The number of ketones is 1. The number of hydrogen-bond acceptors (Lipinski definition) is 7. The van der Waals surface area contributed by atoms with Crippen LogP contribution in [-0.2, 0) is 4.74 Å². The fourth-order valence-electron chi connectivity index (χ4n) is 3.74. The van der Waals surface area contributed by atoms with Gasteiger partial charge in [-0.15, -0.1) is 0 Å². The molecule has 0 aliphatic carbocycles. The number of anilines is 2. The highest BCUT2D eigenvalue weighted by Gasteiger charge is 2.16. The van der Waals surface area contributed by atoms with Crippen molar-refractivity contribution in [2.24, 2.45) is 0 Å². The Morgan fingerprint density at radius 2 is 1.80 bits per heavy atom. The second kappa shape index (κ2) is 17.6. The number of nitrogens with two attached hydrogens (primary N) is 1. The Balaban J connectivity index is 0.000000464. The Kier molecular flexibility index (Phi) is 15.2. The Hall–Kier alpha value is -2.77. The molecule has 1 aliphatic rings. The maximum atomic E-state index is 12.5. The highest BCUT2D eigenvalue weighted by molar-refractivity contribution is 5.95. The van der Waals surface area contributed by atoms with Gasteiger partial charge in [-0.3, -0.25) is 9.69 Å². The lowest BCUT2D eigenvalue weighted by atomic mass is 10.1. The van der Waals surface area contributed by atoms with Gasteiger partial charge in [0.2, 0.25) is 0 Å². The maximum absolute atomic E-state index is 12.5. The van der Waals surface area contributed by atoms with Crippen LogP contribution in [0.25, 0.3) is 0 Å². The predicted octanol–water partition coefficient (Wildman–Crippen LogP) is 5.21. The molecule has 3 N–H and O–H groups in total. The van der Waals surface area contributed by atoms with Crippen LogP contribution in [0.1, 0.15) is 68.6 Å². The lowest BCUT2D eigenvalue weighted by Crippen LogP contribution is -2.37. The van der Waals surface area contributed by atoms with Crippen LogP contribution >= 0.6 is 0 Å². The molecule has 1 saturated heterocycles. The van der Waals surface area contributed by atoms with E-state index in [-0.39, 0.29) is 5.78 Å². The number of benzene rings is 1. The van der Waals surface area contributed by atoms with E-state index in [2.05, 4.69) is 28.6 Å². The van der Waals surface area contributed by atoms with Crippen molar-refractivity contribution in [2.75, 3.05) is 56.6 Å². The molecule has 1 aromatic carbocycles. The highest BCUT2D eigenvalue weighted by atomic mass is 16.5. The molecular weight excluding hydrogens is 438 g/mol. The SMILES string of the molecule is CC.CCCN(CCC)c1cc(N)nc(C(=O)CCN2CCOCC2)c1.Cc1cccc(C=N)c1. The second-order valence-corrected chi connectivity index (χ2v) is 8.31. The predicted molar refractivity (Wildman–Crippen MR) is 148 cm³/mol. The van der Waals surface area contributed by atoms with E-state index in [1.165, 1.54) is 11.8 Å². The number of hydrogen-bond donors (Lipinski definition) is 2. The monoisotopic (exact) mass is 483 g/mol. The fraction of sp³-hybridized carbons (Fsp3) is 0.536. The molecule has 3 rings (SSSR count). The van der Waals surface area contributed by atoms with Crippen molar-refractivity contribution >= 4 is 23.5 Å². The molecular formula is C28H45N5O2. The number of carbonyl (C=O) groups is 1. The molecule has 35 heavy (non-hydrogen) atoms. The van der Waals surface area contributed by atoms with Crippen molar-refractivity contribution in [3.05, 3.63) is 53.2 Å². The third kappa shape index (κ3) is 11.5. The summed E-state index contributed by atoms with van der Waals surface area (Å²) in [5, 5.41) is 6.92. The first-order valence-electron chi connectivity index (χ1n) is 12.9. The summed E-state index contributed by atoms with van der Waals surface area (Å²) in [6, 6.07) is 11.6. The van der Waals surface area contributed by atoms with E-state index in [0.29, 0.717) is 17.9 Å². The Bertz CT molecular complexity index is 875. The van der Waals surface area contributed by atoms with Crippen LogP contribution in [-0.4, -0.2) is 67.8 Å². The Morgan fingerprint density at radius 3 is 2.34 bits per heavy atom. The number of nitrogens with zero attached hydrogens (tertiary/aromatic N) is 3. The zero-order valence-electron chi connectivity index (χ0n) is 22.3. The van der Waals surface area contributed by atoms with Gasteiger partial charge in [-0.25, -0.2) is 4.98 Å². The van der Waals surface area contributed by atoms with Gasteiger partial charge in [0.15, 0.2) is 5.78 Å². The zero-order valence-corrected chi connectivity index (χ0v) is 22.3. The molecule has 7 nitrogen and oxygen atoms in total. The molecule has 0 atom stereocenters. The van der Waals surface area contributed by atoms with Crippen LogP contribution in [0.4, 0.5) is 11.5 Å². The number of Topliss-reactive ketones (excluding diaryl/α,β-unsaturated/α-hetero) is 1. The molecule has 0 spiro atoms. The van der Waals surface area contributed by atoms with E-state index in [0.717, 1.165) is 70.0 Å². The molecule has 2 aromatic rings. The van der Waals surface area contributed by atoms with Crippen LogP contribution in [0.15, 0.2) is 36.4 Å². The number of carbonyl (C=O) groups excluding carboxylic acids is 1. The van der Waals surface area contributed by atoms with Crippen molar-refractivity contribution in [3.8, 4) is 0 Å². The lowest BCUT2D eigenvalue weighted by molar-refractivity contribution is 0.0369. The van der Waals surface area contributed by atoms with Gasteiger partial charge in [0.1, 0.15) is 11.5 Å². The quantitative estimate of drug-likeness (QED) is 0.356.